The molecule has 0 bridgehead atoms. The van der Waals surface area contributed by atoms with Gasteiger partial charge in [-0.05, 0) is 98.6 Å². The number of thiophene rings is 1. The molecule has 3 aromatic rings. The Morgan fingerprint density at radius 3 is 2.69 bits per heavy atom. The van der Waals surface area contributed by atoms with Crippen molar-refractivity contribution < 1.29 is 4.79 Å². The molecule has 2 aromatic heterocycles. The number of amides is 1. The molecule has 192 valence electrons. The van der Waals surface area contributed by atoms with Crippen molar-refractivity contribution in [1.29, 1.82) is 0 Å². The summed E-state index contributed by atoms with van der Waals surface area (Å²) in [6.45, 7) is 0.864. The minimum absolute atomic E-state index is 0.234. The van der Waals surface area contributed by atoms with Gasteiger partial charge in [0.2, 0.25) is 5.91 Å². The SMILES string of the molecule is CN(C)c1nc(CCC2CC23CCC(CNC(=O)CCCCc2cccs2)CC3)nc2ccccc12. The van der Waals surface area contributed by atoms with Crippen LogP contribution in [-0.4, -0.2) is 36.5 Å². The number of unbranched alkanes of at least 4 members (excludes halogenated alkanes) is 1. The van der Waals surface area contributed by atoms with Crippen molar-refractivity contribution >= 4 is 34.0 Å². The number of nitrogens with one attached hydrogen (secondary N) is 1. The quantitative estimate of drug-likeness (QED) is 0.306. The Labute approximate surface area is 219 Å². The molecule has 2 aliphatic rings. The molecule has 2 heterocycles. The molecule has 6 heteroatoms. The third-order valence-corrected chi connectivity index (χ3v) is 9.41. The van der Waals surface area contributed by atoms with Crippen molar-refractivity contribution in [3.8, 4) is 0 Å². The molecule has 2 aliphatic carbocycles. The van der Waals surface area contributed by atoms with Gasteiger partial charge in [0.1, 0.15) is 11.6 Å². The summed E-state index contributed by atoms with van der Waals surface area (Å²) in [4.78, 5) is 25.6. The largest absolute Gasteiger partial charge is 0.362 e. The highest BCUT2D eigenvalue weighted by Gasteiger charge is 2.53. The van der Waals surface area contributed by atoms with Crippen molar-refractivity contribution in [3.63, 3.8) is 0 Å². The predicted molar refractivity (Wildman–Crippen MR) is 150 cm³/mol. The van der Waals surface area contributed by atoms with Crippen LogP contribution in [0.3, 0.4) is 0 Å². The van der Waals surface area contributed by atoms with Crippen LogP contribution in [0.5, 0.6) is 0 Å². The number of benzene rings is 1. The molecule has 2 saturated carbocycles. The molecule has 1 spiro atoms. The minimum atomic E-state index is 0.234. The number of aryl methyl sites for hydroxylation is 2. The summed E-state index contributed by atoms with van der Waals surface area (Å²) in [6, 6.07) is 12.6. The van der Waals surface area contributed by atoms with Gasteiger partial charge in [-0.2, -0.15) is 0 Å². The number of rotatable bonds is 11. The third-order valence-electron chi connectivity index (χ3n) is 8.47. The second kappa shape index (κ2) is 11.3. The normalized spacial score (nSPS) is 23.2. The van der Waals surface area contributed by atoms with Crippen LogP contribution in [0.4, 0.5) is 5.82 Å². The van der Waals surface area contributed by atoms with Crippen LogP contribution in [0.25, 0.3) is 10.9 Å². The maximum Gasteiger partial charge on any atom is 0.220 e. The van der Waals surface area contributed by atoms with Gasteiger partial charge in [0.05, 0.1) is 5.52 Å². The number of hydrogen-bond acceptors (Lipinski definition) is 5. The van der Waals surface area contributed by atoms with Crippen molar-refractivity contribution in [2.24, 2.45) is 17.3 Å². The fraction of sp³-hybridized carbons (Fsp3) is 0.567. The first-order chi connectivity index (χ1) is 17.5. The van der Waals surface area contributed by atoms with E-state index in [0.29, 0.717) is 17.8 Å². The molecule has 1 amide bonds. The zero-order valence-corrected chi connectivity index (χ0v) is 22.7. The van der Waals surface area contributed by atoms with Crippen molar-refractivity contribution in [3.05, 3.63) is 52.5 Å². The number of para-hydroxylation sites is 1. The molecule has 5 nitrogen and oxygen atoms in total. The number of anilines is 1. The molecule has 5 rings (SSSR count). The highest BCUT2D eigenvalue weighted by atomic mass is 32.1. The average Bonchev–Trinajstić information content (AvgIpc) is 3.28. The van der Waals surface area contributed by atoms with E-state index in [9.17, 15) is 4.79 Å². The van der Waals surface area contributed by atoms with Crippen molar-refractivity contribution in [2.75, 3.05) is 25.5 Å². The van der Waals surface area contributed by atoms with Gasteiger partial charge < -0.3 is 10.2 Å². The highest BCUT2D eigenvalue weighted by Crippen LogP contribution is 2.63. The van der Waals surface area contributed by atoms with Gasteiger partial charge in [-0.3, -0.25) is 4.79 Å². The summed E-state index contributed by atoms with van der Waals surface area (Å²) in [5.41, 5.74) is 1.60. The number of hydrogen-bond donors (Lipinski definition) is 1. The monoisotopic (exact) mass is 504 g/mol. The van der Waals surface area contributed by atoms with Crippen LogP contribution >= 0.6 is 11.3 Å². The van der Waals surface area contributed by atoms with E-state index in [1.165, 1.54) is 43.4 Å². The Bertz CT molecular complexity index is 1150. The first kappa shape index (κ1) is 25.2. The highest BCUT2D eigenvalue weighted by molar-refractivity contribution is 7.09. The van der Waals surface area contributed by atoms with Gasteiger partial charge in [0.15, 0.2) is 0 Å². The van der Waals surface area contributed by atoms with Crippen LogP contribution in [0.15, 0.2) is 41.8 Å². The van der Waals surface area contributed by atoms with Crippen LogP contribution in [-0.2, 0) is 17.6 Å². The van der Waals surface area contributed by atoms with Gasteiger partial charge in [-0.1, -0.05) is 18.2 Å². The van der Waals surface area contributed by atoms with Gasteiger partial charge in [-0.15, -0.1) is 11.3 Å². The van der Waals surface area contributed by atoms with Crippen LogP contribution in [0.1, 0.15) is 68.5 Å². The topological polar surface area (TPSA) is 58.1 Å². The maximum atomic E-state index is 12.3. The lowest BCUT2D eigenvalue weighted by atomic mass is 9.78. The second-order valence-electron chi connectivity index (χ2n) is 11.2. The fourth-order valence-electron chi connectivity index (χ4n) is 6.16. The predicted octanol–water partition coefficient (Wildman–Crippen LogP) is 6.42. The molecule has 1 unspecified atom stereocenters. The Kier molecular flexibility index (Phi) is 7.90. The zero-order chi connectivity index (χ0) is 25.0. The standard InChI is InChI=1S/C30H40N4OS/c1-34(2)29-25-10-4-5-11-26(25)32-27(33-29)14-13-23-20-30(23)17-15-22(16-18-30)21-31-28(35)12-6-3-8-24-9-7-19-36-24/h4-5,7,9-11,19,22-23H,3,6,8,12-18,20-21H2,1-2H3,(H,31,35). The summed E-state index contributed by atoms with van der Waals surface area (Å²) >= 11 is 1.81. The first-order valence-corrected chi connectivity index (χ1v) is 14.6. The zero-order valence-electron chi connectivity index (χ0n) is 21.8. The summed E-state index contributed by atoms with van der Waals surface area (Å²) in [6.07, 6.45) is 12.5. The second-order valence-corrected chi connectivity index (χ2v) is 12.2. The number of fused-ring (bicyclic) bond motifs is 1. The Morgan fingerprint density at radius 2 is 1.92 bits per heavy atom. The summed E-state index contributed by atoms with van der Waals surface area (Å²) < 4.78 is 0. The molecular weight excluding hydrogens is 464 g/mol. The number of aromatic nitrogens is 2. The number of carbonyl (C=O) groups is 1. The van der Waals surface area contributed by atoms with E-state index in [4.69, 9.17) is 9.97 Å². The lowest BCUT2D eigenvalue weighted by Crippen LogP contribution is -2.31. The molecule has 1 aromatic carbocycles. The van der Waals surface area contributed by atoms with Crippen molar-refractivity contribution in [1.82, 2.24) is 15.3 Å². The number of carbonyl (C=O) groups excluding carboxylic acids is 1. The van der Waals surface area contributed by atoms with E-state index in [1.807, 2.05) is 11.3 Å². The Balaban J connectivity index is 1.02. The van der Waals surface area contributed by atoms with Gasteiger partial charge >= 0.3 is 0 Å². The summed E-state index contributed by atoms with van der Waals surface area (Å²) in [5, 5.41) is 6.47. The lowest BCUT2D eigenvalue weighted by molar-refractivity contribution is -0.121. The minimum Gasteiger partial charge on any atom is -0.362 e. The summed E-state index contributed by atoms with van der Waals surface area (Å²) in [5.74, 6) is 3.70. The summed E-state index contributed by atoms with van der Waals surface area (Å²) in [7, 11) is 4.11. The molecule has 36 heavy (non-hydrogen) atoms. The van der Waals surface area contributed by atoms with E-state index < -0.39 is 0 Å². The number of nitrogens with zero attached hydrogens (tertiary/aromatic N) is 3. The van der Waals surface area contributed by atoms with Gasteiger partial charge in [-0.25, -0.2) is 9.97 Å². The van der Waals surface area contributed by atoms with E-state index in [0.717, 1.165) is 60.7 Å². The maximum absolute atomic E-state index is 12.3. The average molecular weight is 505 g/mol. The van der Waals surface area contributed by atoms with E-state index in [1.54, 1.807) is 0 Å². The molecule has 0 radical (unpaired) electrons. The Hall–Kier alpha value is -2.47. The molecule has 1 atom stereocenters. The molecule has 0 aliphatic heterocycles. The van der Waals surface area contributed by atoms with E-state index >= 15 is 0 Å². The molecule has 1 N–H and O–H groups in total. The first-order valence-electron chi connectivity index (χ1n) is 13.7. The molecule has 2 fully saturated rings. The third kappa shape index (κ3) is 6.08. The molecular formula is C30H40N4OS. The van der Waals surface area contributed by atoms with E-state index in [-0.39, 0.29) is 5.91 Å². The smallest absolute Gasteiger partial charge is 0.220 e. The Morgan fingerprint density at radius 1 is 1.08 bits per heavy atom. The van der Waals surface area contributed by atoms with Crippen LogP contribution < -0.4 is 10.2 Å². The lowest BCUT2D eigenvalue weighted by Gasteiger charge is -2.29. The van der Waals surface area contributed by atoms with E-state index in [2.05, 4.69) is 66.1 Å². The van der Waals surface area contributed by atoms with Crippen LogP contribution in [0, 0.1) is 17.3 Å². The van der Waals surface area contributed by atoms with Gasteiger partial charge in [0.25, 0.3) is 0 Å². The molecule has 0 saturated heterocycles. The van der Waals surface area contributed by atoms with Crippen LogP contribution in [0.2, 0.25) is 0 Å². The van der Waals surface area contributed by atoms with Gasteiger partial charge in [0, 0.05) is 43.7 Å². The fourth-order valence-corrected chi connectivity index (χ4v) is 6.91. The van der Waals surface area contributed by atoms with Crippen molar-refractivity contribution in [2.45, 2.75) is 70.6 Å².